The number of rotatable bonds is 3. The van der Waals surface area contributed by atoms with E-state index < -0.39 is 5.97 Å². The van der Waals surface area contributed by atoms with Gasteiger partial charge in [0.25, 0.3) is 5.91 Å². The molecule has 0 saturated carbocycles. The predicted octanol–water partition coefficient (Wildman–Crippen LogP) is 1.13. The number of piperidine rings is 1. The summed E-state index contributed by atoms with van der Waals surface area (Å²) in [6.07, 6.45) is 1.42. The van der Waals surface area contributed by atoms with Gasteiger partial charge in [-0.2, -0.15) is 0 Å². The highest BCUT2D eigenvalue weighted by molar-refractivity contribution is 5.97. The van der Waals surface area contributed by atoms with Crippen LogP contribution in [-0.2, 0) is 4.79 Å². The predicted molar refractivity (Wildman–Crippen MR) is 76.1 cm³/mol. The van der Waals surface area contributed by atoms with Gasteiger partial charge in [-0.3, -0.25) is 9.59 Å². The Bertz CT molecular complexity index is 563. The van der Waals surface area contributed by atoms with Gasteiger partial charge in [0, 0.05) is 31.6 Å². The number of likely N-dealkylation sites (tertiary alicyclic amines) is 1. The Balaban J connectivity index is 1.95. The van der Waals surface area contributed by atoms with Gasteiger partial charge >= 0.3 is 5.97 Å². The van der Waals surface area contributed by atoms with E-state index in [0.29, 0.717) is 31.5 Å². The molecule has 1 aliphatic heterocycles. The van der Waals surface area contributed by atoms with Crippen molar-refractivity contribution >= 4 is 17.8 Å². The summed E-state index contributed by atoms with van der Waals surface area (Å²) >= 11 is 0. The number of nitrogens with zero attached hydrogens (tertiary/aromatic N) is 1. The van der Waals surface area contributed by atoms with Crippen molar-refractivity contribution in [3.05, 3.63) is 35.4 Å². The second-order valence-corrected chi connectivity index (χ2v) is 5.14. The molecule has 0 aliphatic carbocycles. The first kappa shape index (κ1) is 15.0. The molecule has 1 aromatic carbocycles. The van der Waals surface area contributed by atoms with Gasteiger partial charge in [-0.05, 0) is 31.0 Å². The fourth-order valence-corrected chi connectivity index (χ4v) is 2.40. The van der Waals surface area contributed by atoms with Gasteiger partial charge in [0.05, 0.1) is 5.56 Å². The lowest BCUT2D eigenvalue weighted by molar-refractivity contribution is -0.129. The third-order valence-corrected chi connectivity index (χ3v) is 3.65. The second kappa shape index (κ2) is 6.39. The third-order valence-electron chi connectivity index (χ3n) is 3.65. The van der Waals surface area contributed by atoms with Crippen molar-refractivity contribution in [2.24, 2.45) is 0 Å². The summed E-state index contributed by atoms with van der Waals surface area (Å²) in [6.45, 7) is 2.81. The number of carbonyl (C=O) groups is 3. The van der Waals surface area contributed by atoms with Crippen LogP contribution in [0.4, 0.5) is 0 Å². The average molecular weight is 290 g/mol. The van der Waals surface area contributed by atoms with Crippen LogP contribution in [0.2, 0.25) is 0 Å². The first-order valence-electron chi connectivity index (χ1n) is 6.87. The number of nitrogens with one attached hydrogen (secondary N) is 1. The van der Waals surface area contributed by atoms with Crippen LogP contribution in [0.15, 0.2) is 24.3 Å². The Morgan fingerprint density at radius 1 is 1.19 bits per heavy atom. The Kier molecular flexibility index (Phi) is 4.57. The fraction of sp³-hybridized carbons (Fsp3) is 0.400. The first-order chi connectivity index (χ1) is 9.97. The van der Waals surface area contributed by atoms with Gasteiger partial charge in [0.15, 0.2) is 0 Å². The number of carboxylic acid groups (broad SMARTS) is 1. The molecule has 0 aromatic heterocycles. The highest BCUT2D eigenvalue weighted by atomic mass is 16.4. The normalized spacial score (nSPS) is 15.6. The lowest BCUT2D eigenvalue weighted by atomic mass is 10.0. The minimum atomic E-state index is -1.06. The summed E-state index contributed by atoms with van der Waals surface area (Å²) in [5.41, 5.74) is 0.429. The van der Waals surface area contributed by atoms with E-state index in [-0.39, 0.29) is 23.4 Å². The largest absolute Gasteiger partial charge is 0.478 e. The van der Waals surface area contributed by atoms with Crippen molar-refractivity contribution in [1.29, 1.82) is 0 Å². The number of hydrogen-bond acceptors (Lipinski definition) is 3. The van der Waals surface area contributed by atoms with Crippen LogP contribution in [0, 0.1) is 0 Å². The zero-order valence-corrected chi connectivity index (χ0v) is 11.8. The minimum absolute atomic E-state index is 0.0154. The maximum Gasteiger partial charge on any atom is 0.335 e. The van der Waals surface area contributed by atoms with Crippen LogP contribution in [0.25, 0.3) is 0 Å². The van der Waals surface area contributed by atoms with Gasteiger partial charge in [-0.1, -0.05) is 6.07 Å². The number of hydrogen-bond donors (Lipinski definition) is 2. The van der Waals surface area contributed by atoms with Crippen molar-refractivity contribution in [1.82, 2.24) is 10.2 Å². The summed E-state index contributed by atoms with van der Waals surface area (Å²) in [5.74, 6) is -1.28. The van der Waals surface area contributed by atoms with Gasteiger partial charge in [0.2, 0.25) is 5.91 Å². The molecule has 0 unspecified atom stereocenters. The highest BCUT2D eigenvalue weighted by Gasteiger charge is 2.22. The van der Waals surface area contributed by atoms with Crippen molar-refractivity contribution in [3.8, 4) is 0 Å². The minimum Gasteiger partial charge on any atom is -0.478 e. The first-order valence-corrected chi connectivity index (χ1v) is 6.87. The Hall–Kier alpha value is -2.37. The molecule has 2 N–H and O–H groups in total. The molecular formula is C15H18N2O4. The Labute approximate surface area is 122 Å². The molecule has 1 aromatic rings. The van der Waals surface area contributed by atoms with Crippen molar-refractivity contribution in [2.45, 2.75) is 25.8 Å². The number of amides is 2. The maximum atomic E-state index is 12.1. The van der Waals surface area contributed by atoms with Crippen LogP contribution in [0.5, 0.6) is 0 Å². The van der Waals surface area contributed by atoms with Crippen LogP contribution < -0.4 is 5.32 Å². The standard InChI is InChI=1S/C15H18N2O4/c1-10(18)17-7-5-13(6-8-17)16-14(19)11-3-2-4-12(9-11)15(20)21/h2-4,9,13H,5-8H2,1H3,(H,16,19)(H,20,21). The van der Waals surface area contributed by atoms with Crippen LogP contribution in [0.1, 0.15) is 40.5 Å². The Morgan fingerprint density at radius 3 is 2.38 bits per heavy atom. The van der Waals surface area contributed by atoms with Gasteiger partial charge < -0.3 is 15.3 Å². The highest BCUT2D eigenvalue weighted by Crippen LogP contribution is 2.12. The van der Waals surface area contributed by atoms with Gasteiger partial charge in [0.1, 0.15) is 0 Å². The van der Waals surface area contributed by atoms with Crippen LogP contribution in [0.3, 0.4) is 0 Å². The van der Waals surface area contributed by atoms with E-state index in [1.54, 1.807) is 17.0 Å². The molecule has 1 aliphatic rings. The van der Waals surface area contributed by atoms with E-state index in [2.05, 4.69) is 5.32 Å². The molecule has 6 nitrogen and oxygen atoms in total. The molecule has 112 valence electrons. The lowest BCUT2D eigenvalue weighted by Crippen LogP contribution is -2.46. The van der Waals surface area contributed by atoms with E-state index in [1.807, 2.05) is 0 Å². The molecule has 1 fully saturated rings. The van der Waals surface area contributed by atoms with Crippen molar-refractivity contribution in [3.63, 3.8) is 0 Å². The zero-order chi connectivity index (χ0) is 15.4. The van der Waals surface area contributed by atoms with Crippen molar-refractivity contribution in [2.75, 3.05) is 13.1 Å². The zero-order valence-electron chi connectivity index (χ0n) is 11.8. The van der Waals surface area contributed by atoms with E-state index >= 15 is 0 Å². The third kappa shape index (κ3) is 3.81. The van der Waals surface area contributed by atoms with E-state index in [1.165, 1.54) is 19.1 Å². The molecule has 1 saturated heterocycles. The molecule has 0 bridgehead atoms. The van der Waals surface area contributed by atoms with Gasteiger partial charge in [-0.25, -0.2) is 4.79 Å². The maximum absolute atomic E-state index is 12.1. The summed E-state index contributed by atoms with van der Waals surface area (Å²) in [6, 6.07) is 5.97. The monoisotopic (exact) mass is 290 g/mol. The van der Waals surface area contributed by atoms with Crippen molar-refractivity contribution < 1.29 is 19.5 Å². The molecule has 0 radical (unpaired) electrons. The lowest BCUT2D eigenvalue weighted by Gasteiger charge is -2.31. The SMILES string of the molecule is CC(=O)N1CCC(NC(=O)c2cccc(C(=O)O)c2)CC1. The van der Waals surface area contributed by atoms with Crippen LogP contribution >= 0.6 is 0 Å². The number of carbonyl (C=O) groups excluding carboxylic acids is 2. The molecular weight excluding hydrogens is 272 g/mol. The van der Waals surface area contributed by atoms with E-state index in [4.69, 9.17) is 5.11 Å². The molecule has 1 heterocycles. The molecule has 2 rings (SSSR count). The molecule has 0 atom stereocenters. The fourth-order valence-electron chi connectivity index (χ4n) is 2.40. The smallest absolute Gasteiger partial charge is 0.335 e. The van der Waals surface area contributed by atoms with Crippen LogP contribution in [-0.4, -0.2) is 46.9 Å². The Morgan fingerprint density at radius 2 is 1.81 bits per heavy atom. The molecule has 2 amide bonds. The number of aromatic carboxylic acids is 1. The second-order valence-electron chi connectivity index (χ2n) is 5.14. The van der Waals surface area contributed by atoms with E-state index in [0.717, 1.165) is 0 Å². The topological polar surface area (TPSA) is 86.7 Å². The molecule has 6 heteroatoms. The molecule has 0 spiro atoms. The summed E-state index contributed by atoms with van der Waals surface area (Å²) in [4.78, 5) is 36.0. The summed E-state index contributed by atoms with van der Waals surface area (Å²) in [5, 5.41) is 11.8. The quantitative estimate of drug-likeness (QED) is 0.873. The van der Waals surface area contributed by atoms with Gasteiger partial charge in [-0.15, -0.1) is 0 Å². The number of carboxylic acids is 1. The number of benzene rings is 1. The summed E-state index contributed by atoms with van der Waals surface area (Å²) in [7, 11) is 0. The van der Waals surface area contributed by atoms with E-state index in [9.17, 15) is 14.4 Å². The average Bonchev–Trinajstić information content (AvgIpc) is 2.48. The molecule has 21 heavy (non-hydrogen) atoms. The summed E-state index contributed by atoms with van der Waals surface area (Å²) < 4.78 is 0.